The number of hydrogen-bond acceptors (Lipinski definition) is 12. The molecule has 3 aliphatic rings. The summed E-state index contributed by atoms with van der Waals surface area (Å²) < 4.78 is 8.98. The first-order valence-electron chi connectivity index (χ1n) is 25.5. The molecule has 0 radical (unpaired) electrons. The molecule has 1 atom stereocenters. The van der Waals surface area contributed by atoms with Crippen LogP contribution in [0.25, 0.3) is 49.7 Å². The Bertz CT molecular complexity index is 3530. The molecule has 2 aliphatic heterocycles. The molecule has 1 aliphatic carbocycles. The zero-order chi connectivity index (χ0) is 51.8. The Morgan fingerprint density at radius 2 is 1.58 bits per heavy atom. The minimum absolute atomic E-state index is 0.0898. The van der Waals surface area contributed by atoms with Crippen LogP contribution in [-0.2, 0) is 17.3 Å². The number of benzene rings is 4. The second kappa shape index (κ2) is 20.4. The Labute approximate surface area is 430 Å². The number of rotatable bonds is 10. The van der Waals surface area contributed by atoms with Gasteiger partial charge < -0.3 is 30.1 Å². The van der Waals surface area contributed by atoms with Crippen molar-refractivity contribution in [3.63, 3.8) is 0 Å². The molecule has 0 unspecified atom stereocenters. The Hall–Kier alpha value is -8.16. The highest BCUT2D eigenvalue weighted by Gasteiger charge is 2.41. The maximum Gasteiger partial charge on any atom is 0.333 e. The molecule has 6 heterocycles. The van der Waals surface area contributed by atoms with Crippen LogP contribution in [0, 0.1) is 11.3 Å². The Morgan fingerprint density at radius 3 is 2.31 bits per heavy atom. The molecule has 16 nitrogen and oxygen atoms in total. The number of carbonyl (C=O) groups is 2. The van der Waals surface area contributed by atoms with Crippen molar-refractivity contribution in [1.82, 2.24) is 39.3 Å². The van der Waals surface area contributed by atoms with Crippen molar-refractivity contribution in [2.45, 2.75) is 89.3 Å². The molecule has 4 aromatic carbocycles. The second-order valence-electron chi connectivity index (χ2n) is 20.3. The van der Waals surface area contributed by atoms with Gasteiger partial charge in [-0.2, -0.15) is 10.2 Å². The van der Waals surface area contributed by atoms with Crippen molar-refractivity contribution in [1.29, 1.82) is 5.26 Å². The van der Waals surface area contributed by atoms with Gasteiger partial charge in [0.1, 0.15) is 17.5 Å². The fourth-order valence-corrected chi connectivity index (χ4v) is 10.7. The third-order valence-corrected chi connectivity index (χ3v) is 15.1. The summed E-state index contributed by atoms with van der Waals surface area (Å²) in [6, 6.07) is 31.9. The van der Waals surface area contributed by atoms with Crippen LogP contribution in [-0.4, -0.2) is 98.2 Å². The zero-order valence-corrected chi connectivity index (χ0v) is 43.1. The number of pyridine rings is 2. The van der Waals surface area contributed by atoms with Gasteiger partial charge >= 0.3 is 5.69 Å². The number of nitrogens with one attached hydrogen (secondary N) is 2. The first-order valence-corrected chi connectivity index (χ1v) is 25.5. The first-order chi connectivity index (χ1) is 35.8. The Kier molecular flexibility index (Phi) is 13.6. The molecular formula is C58H62N12O4. The van der Waals surface area contributed by atoms with Gasteiger partial charge in [0.15, 0.2) is 5.82 Å². The van der Waals surface area contributed by atoms with Crippen LogP contribution in [0.4, 0.5) is 23.1 Å². The van der Waals surface area contributed by atoms with Crippen LogP contribution in [0.5, 0.6) is 5.75 Å². The van der Waals surface area contributed by atoms with Crippen LogP contribution in [0.2, 0.25) is 0 Å². The monoisotopic (exact) mass is 991 g/mol. The normalized spacial score (nSPS) is 16.5. The quantitative estimate of drug-likeness (QED) is 0.133. The lowest BCUT2D eigenvalue weighted by Gasteiger charge is -2.43. The standard InChI is InChI=1S/C30H23N5O.C28H39N7O3/c1-30(2,18-31)22-9-11-23(12-10-22)35-28-24-15-19(21-14-20-6-4-5-7-25(20)32-16-21)8-13-26(24)33-17-27(28)34(3)29(35)36;1-5-22-27(37)34(3)23-17-29-28(32-25(23)35(22)20-8-6-7-9-20)31-21-11-10-18(16-24(21)38-4)26(36)30-19-12-14-33(2)15-13-19/h4-17H,1-3H3;10-11,16-17,19-20,22H,5-9,12-15H2,1-4H3,(H,30,36)(H,29,31,32)/t;22-/m.1/s1. The lowest BCUT2D eigenvalue weighted by atomic mass is 9.86. The number of fused-ring (bicyclic) bond motifs is 5. The third kappa shape index (κ3) is 9.39. The van der Waals surface area contributed by atoms with E-state index in [-0.39, 0.29) is 29.6 Å². The van der Waals surface area contributed by atoms with E-state index in [1.807, 2.05) is 80.7 Å². The zero-order valence-electron chi connectivity index (χ0n) is 43.1. The van der Waals surface area contributed by atoms with Crippen molar-refractivity contribution < 1.29 is 14.3 Å². The number of carbonyl (C=O) groups excluding carboxylic acids is 2. The van der Waals surface area contributed by atoms with E-state index >= 15 is 0 Å². The summed E-state index contributed by atoms with van der Waals surface area (Å²) in [4.78, 5) is 64.3. The van der Waals surface area contributed by atoms with Gasteiger partial charge in [0.25, 0.3) is 5.91 Å². The number of nitrogens with zero attached hydrogens (tertiary/aromatic N) is 10. The predicted octanol–water partition coefficient (Wildman–Crippen LogP) is 9.45. The molecule has 0 bridgehead atoms. The number of aromatic nitrogens is 6. The van der Waals surface area contributed by atoms with Gasteiger partial charge in [-0.25, -0.2) is 9.78 Å². The minimum Gasteiger partial charge on any atom is -0.495 e. The number of ether oxygens (including phenoxy) is 1. The lowest BCUT2D eigenvalue weighted by Crippen LogP contribution is -2.55. The van der Waals surface area contributed by atoms with Crippen LogP contribution >= 0.6 is 0 Å². The Morgan fingerprint density at radius 1 is 0.838 bits per heavy atom. The fraction of sp³-hybridized carbons (Fsp3) is 0.345. The highest BCUT2D eigenvalue weighted by molar-refractivity contribution is 6.06. The smallest absolute Gasteiger partial charge is 0.333 e. The molecule has 1 saturated carbocycles. The van der Waals surface area contributed by atoms with E-state index in [4.69, 9.17) is 9.72 Å². The number of likely N-dealkylation sites (tertiary alicyclic amines) is 1. The number of hydrogen-bond donors (Lipinski definition) is 2. The molecule has 0 spiro atoms. The summed E-state index contributed by atoms with van der Waals surface area (Å²) in [6.07, 6.45) is 12.4. The maximum absolute atomic E-state index is 13.4. The number of likely N-dealkylation sites (N-methyl/N-ethyl adjacent to an activating group) is 1. The average Bonchev–Trinajstić information content (AvgIpc) is 4.06. The van der Waals surface area contributed by atoms with E-state index in [1.54, 1.807) is 59.8 Å². The molecule has 11 rings (SSSR count). The molecule has 378 valence electrons. The van der Waals surface area contributed by atoms with Crippen LogP contribution in [0.3, 0.4) is 0 Å². The molecule has 2 amide bonds. The number of amides is 2. The third-order valence-electron chi connectivity index (χ3n) is 15.1. The van der Waals surface area contributed by atoms with E-state index in [9.17, 15) is 19.6 Å². The highest BCUT2D eigenvalue weighted by Crippen LogP contribution is 2.41. The number of anilines is 4. The number of imidazole rings is 1. The summed E-state index contributed by atoms with van der Waals surface area (Å²) in [6.45, 7) is 7.79. The van der Waals surface area contributed by atoms with Gasteiger partial charge in [0, 0.05) is 54.3 Å². The molecular weight excluding hydrogens is 929 g/mol. The Balaban J connectivity index is 0.000000169. The number of para-hydroxylation sites is 1. The van der Waals surface area contributed by atoms with Crippen LogP contribution < -0.4 is 30.9 Å². The van der Waals surface area contributed by atoms with Crippen molar-refractivity contribution in [3.8, 4) is 28.6 Å². The van der Waals surface area contributed by atoms with E-state index in [1.165, 1.54) is 12.8 Å². The van der Waals surface area contributed by atoms with Gasteiger partial charge in [0.05, 0.1) is 64.4 Å². The highest BCUT2D eigenvalue weighted by atomic mass is 16.5. The van der Waals surface area contributed by atoms with Gasteiger partial charge in [-0.1, -0.05) is 56.2 Å². The predicted molar refractivity (Wildman–Crippen MR) is 292 cm³/mol. The molecule has 74 heavy (non-hydrogen) atoms. The number of aryl methyl sites for hydroxylation is 1. The van der Waals surface area contributed by atoms with Crippen LogP contribution in [0.15, 0.2) is 114 Å². The van der Waals surface area contributed by atoms with E-state index in [2.05, 4.69) is 73.6 Å². The van der Waals surface area contributed by atoms with Crippen molar-refractivity contribution in [2.24, 2.45) is 7.05 Å². The van der Waals surface area contributed by atoms with Gasteiger partial charge in [-0.05, 0) is 132 Å². The molecule has 4 aromatic heterocycles. The second-order valence-corrected chi connectivity index (χ2v) is 20.3. The van der Waals surface area contributed by atoms with Gasteiger partial charge in [0.2, 0.25) is 11.9 Å². The number of piperidine rings is 1. The summed E-state index contributed by atoms with van der Waals surface area (Å²) in [5.41, 5.74) is 8.15. The van der Waals surface area contributed by atoms with Crippen molar-refractivity contribution in [3.05, 3.63) is 131 Å². The molecule has 2 fully saturated rings. The fourth-order valence-electron chi connectivity index (χ4n) is 10.7. The van der Waals surface area contributed by atoms with Crippen molar-refractivity contribution in [2.75, 3.05) is 49.4 Å². The van der Waals surface area contributed by atoms with Gasteiger partial charge in [-0.15, -0.1) is 0 Å². The summed E-state index contributed by atoms with van der Waals surface area (Å²) in [5, 5.41) is 17.9. The lowest BCUT2D eigenvalue weighted by molar-refractivity contribution is -0.120. The van der Waals surface area contributed by atoms with E-state index in [0.717, 1.165) is 112 Å². The number of nitriles is 1. The minimum atomic E-state index is -0.609. The maximum atomic E-state index is 13.4. The topological polar surface area (TPSA) is 179 Å². The summed E-state index contributed by atoms with van der Waals surface area (Å²) in [7, 11) is 7.25. The van der Waals surface area contributed by atoms with E-state index < -0.39 is 5.41 Å². The van der Waals surface area contributed by atoms with E-state index in [0.29, 0.717) is 29.0 Å². The van der Waals surface area contributed by atoms with Crippen molar-refractivity contribution >= 4 is 67.8 Å². The molecule has 2 N–H and O–H groups in total. The number of methoxy groups -OCH3 is 1. The molecule has 8 aromatic rings. The summed E-state index contributed by atoms with van der Waals surface area (Å²) in [5.74, 6) is 1.74. The van der Waals surface area contributed by atoms with Crippen LogP contribution in [0.1, 0.15) is 81.6 Å². The SMILES string of the molecule is CC[C@@H]1C(=O)N(C)c2cnc(Nc3ccc(C(=O)NC4CCN(C)CC4)cc3OC)nc2N1C1CCCC1.Cn1c(=O)n(-c2ccc(C(C)(C)C#N)cc2)c2c3cc(-c4cnc5ccccc5c4)ccc3ncc21. The molecule has 16 heteroatoms. The largest absolute Gasteiger partial charge is 0.495 e. The average molecular weight is 991 g/mol. The summed E-state index contributed by atoms with van der Waals surface area (Å²) >= 11 is 0. The first kappa shape index (κ1) is 49.4. The van der Waals surface area contributed by atoms with Gasteiger partial charge in [-0.3, -0.25) is 28.7 Å². The molecule has 1 saturated heterocycles.